The van der Waals surface area contributed by atoms with Gasteiger partial charge in [0.15, 0.2) is 0 Å². The zero-order valence-corrected chi connectivity index (χ0v) is 17.5. The van der Waals surface area contributed by atoms with Gasteiger partial charge in [-0.15, -0.1) is 0 Å². The van der Waals surface area contributed by atoms with E-state index in [-0.39, 0.29) is 17.1 Å². The molecule has 9 heteroatoms. The minimum Gasteiger partial charge on any atom is -0.497 e. The van der Waals surface area contributed by atoms with Gasteiger partial charge in [-0.1, -0.05) is 11.6 Å². The van der Waals surface area contributed by atoms with E-state index in [9.17, 15) is 9.18 Å². The third-order valence-corrected chi connectivity index (χ3v) is 4.79. The maximum atomic E-state index is 13.5. The lowest BCUT2D eigenvalue weighted by Crippen LogP contribution is -2.36. The molecule has 2 N–H and O–H groups in total. The second-order valence-electron chi connectivity index (χ2n) is 6.63. The first-order chi connectivity index (χ1) is 14.5. The first kappa shape index (κ1) is 21.9. The molecule has 1 fully saturated rings. The van der Waals surface area contributed by atoms with Gasteiger partial charge in [-0.25, -0.2) is 9.38 Å². The van der Waals surface area contributed by atoms with E-state index in [4.69, 9.17) is 25.8 Å². The number of aliphatic imine (C=N–C) groups is 1. The summed E-state index contributed by atoms with van der Waals surface area (Å²) in [6.45, 7) is 1.07. The van der Waals surface area contributed by atoms with Gasteiger partial charge in [-0.05, 0) is 43.2 Å². The predicted octanol–water partition coefficient (Wildman–Crippen LogP) is 3.87. The normalized spacial score (nSPS) is 16.3. The molecule has 1 atom stereocenters. The molecule has 2 aromatic rings. The van der Waals surface area contributed by atoms with Crippen LogP contribution in [0.2, 0.25) is 5.02 Å². The standard InChI is InChI=1S/C21H23ClFN3O4/c1-28-16-8-13(9-17(11-16)29-2)20(27)26-21(24-12-15-4-3-7-30-15)25-14-5-6-19(23)18(22)10-14/h5-6,8-11,15H,3-4,7,12H2,1-2H3,(H2,24,25,26,27). The number of hydrogen-bond acceptors (Lipinski definition) is 5. The van der Waals surface area contributed by atoms with Crippen LogP contribution in [-0.2, 0) is 4.74 Å². The van der Waals surface area contributed by atoms with Crippen molar-refractivity contribution in [2.24, 2.45) is 4.99 Å². The molecule has 1 unspecified atom stereocenters. The van der Waals surface area contributed by atoms with Crippen molar-refractivity contribution in [1.82, 2.24) is 5.32 Å². The summed E-state index contributed by atoms with van der Waals surface area (Å²) in [6, 6.07) is 9.00. The molecule has 1 aliphatic heterocycles. The molecule has 1 saturated heterocycles. The first-order valence-corrected chi connectivity index (χ1v) is 9.79. The summed E-state index contributed by atoms with van der Waals surface area (Å²) in [4.78, 5) is 17.3. The Bertz CT molecular complexity index is 910. The van der Waals surface area contributed by atoms with Crippen molar-refractivity contribution in [2.45, 2.75) is 18.9 Å². The van der Waals surface area contributed by atoms with Crippen molar-refractivity contribution in [1.29, 1.82) is 0 Å². The minimum absolute atomic E-state index is 0.00702. The molecule has 160 valence electrons. The number of carbonyl (C=O) groups excluding carboxylic acids is 1. The van der Waals surface area contributed by atoms with Crippen molar-refractivity contribution in [2.75, 3.05) is 32.7 Å². The number of rotatable bonds is 6. The highest BCUT2D eigenvalue weighted by atomic mass is 35.5. The van der Waals surface area contributed by atoms with E-state index in [0.717, 1.165) is 12.8 Å². The maximum absolute atomic E-state index is 13.5. The zero-order valence-electron chi connectivity index (χ0n) is 16.7. The average molecular weight is 436 g/mol. The Labute approximate surface area is 179 Å². The fraction of sp³-hybridized carbons (Fsp3) is 0.333. The average Bonchev–Trinajstić information content (AvgIpc) is 3.27. The molecular weight excluding hydrogens is 413 g/mol. The Morgan fingerprint density at radius 2 is 1.97 bits per heavy atom. The van der Waals surface area contributed by atoms with Crippen LogP contribution in [0, 0.1) is 5.82 Å². The van der Waals surface area contributed by atoms with Crippen molar-refractivity contribution in [3.05, 3.63) is 52.8 Å². The van der Waals surface area contributed by atoms with Crippen LogP contribution in [0.4, 0.5) is 10.1 Å². The lowest BCUT2D eigenvalue weighted by atomic mass is 10.2. The van der Waals surface area contributed by atoms with Gasteiger partial charge in [-0.3, -0.25) is 10.1 Å². The van der Waals surface area contributed by atoms with Gasteiger partial charge in [0.05, 0.1) is 31.9 Å². The quantitative estimate of drug-likeness (QED) is 0.531. The number of benzene rings is 2. The van der Waals surface area contributed by atoms with Crippen LogP contribution in [0.15, 0.2) is 41.4 Å². The molecule has 1 aliphatic rings. The van der Waals surface area contributed by atoms with E-state index in [2.05, 4.69) is 15.6 Å². The van der Waals surface area contributed by atoms with Crippen LogP contribution in [0.5, 0.6) is 11.5 Å². The molecule has 0 bridgehead atoms. The Balaban J connectivity index is 1.81. The number of carbonyl (C=O) groups is 1. The van der Waals surface area contributed by atoms with Crippen LogP contribution >= 0.6 is 11.6 Å². The maximum Gasteiger partial charge on any atom is 0.258 e. The Morgan fingerprint density at radius 1 is 1.23 bits per heavy atom. The third-order valence-electron chi connectivity index (χ3n) is 4.50. The first-order valence-electron chi connectivity index (χ1n) is 9.41. The minimum atomic E-state index is -0.535. The Kier molecular flexibility index (Phi) is 7.48. The van der Waals surface area contributed by atoms with Gasteiger partial charge in [0.1, 0.15) is 17.3 Å². The summed E-state index contributed by atoms with van der Waals surface area (Å²) < 4.78 is 29.5. The van der Waals surface area contributed by atoms with Crippen LogP contribution in [0.3, 0.4) is 0 Å². The molecule has 0 spiro atoms. The second-order valence-corrected chi connectivity index (χ2v) is 7.04. The smallest absolute Gasteiger partial charge is 0.258 e. The van der Waals surface area contributed by atoms with Gasteiger partial charge in [0, 0.05) is 23.9 Å². The molecular formula is C21H23ClFN3O4. The number of hydrogen-bond donors (Lipinski definition) is 2. The summed E-state index contributed by atoms with van der Waals surface area (Å²) in [7, 11) is 3.01. The van der Waals surface area contributed by atoms with E-state index in [1.807, 2.05) is 0 Å². The third kappa shape index (κ3) is 5.84. The predicted molar refractivity (Wildman–Crippen MR) is 113 cm³/mol. The van der Waals surface area contributed by atoms with E-state index in [0.29, 0.717) is 35.9 Å². The van der Waals surface area contributed by atoms with Crippen molar-refractivity contribution >= 4 is 29.2 Å². The number of halogens is 2. The van der Waals surface area contributed by atoms with Crippen LogP contribution < -0.4 is 20.1 Å². The summed E-state index contributed by atoms with van der Waals surface area (Å²) in [6.07, 6.45) is 1.87. The number of nitrogens with one attached hydrogen (secondary N) is 2. The van der Waals surface area contributed by atoms with Gasteiger partial charge in [0.2, 0.25) is 5.96 Å². The summed E-state index contributed by atoms with van der Waals surface area (Å²) >= 11 is 5.86. The fourth-order valence-corrected chi connectivity index (χ4v) is 3.10. The van der Waals surface area contributed by atoms with Crippen LogP contribution in [0.25, 0.3) is 0 Å². The molecule has 0 aromatic heterocycles. The lowest BCUT2D eigenvalue weighted by Gasteiger charge is -2.14. The zero-order chi connectivity index (χ0) is 21.5. The highest BCUT2D eigenvalue weighted by Gasteiger charge is 2.17. The number of methoxy groups -OCH3 is 2. The van der Waals surface area contributed by atoms with Crippen molar-refractivity contribution in [3.63, 3.8) is 0 Å². The largest absolute Gasteiger partial charge is 0.497 e. The van der Waals surface area contributed by atoms with Crippen molar-refractivity contribution in [3.8, 4) is 11.5 Å². The fourth-order valence-electron chi connectivity index (χ4n) is 2.92. The van der Waals surface area contributed by atoms with Gasteiger partial charge >= 0.3 is 0 Å². The number of anilines is 1. The molecule has 1 heterocycles. The van der Waals surface area contributed by atoms with Gasteiger partial charge < -0.3 is 19.5 Å². The van der Waals surface area contributed by atoms with E-state index < -0.39 is 11.7 Å². The summed E-state index contributed by atoms with van der Waals surface area (Å²) in [5.41, 5.74) is 0.811. The molecule has 0 saturated carbocycles. The Hall–Kier alpha value is -2.84. The van der Waals surface area contributed by atoms with Crippen molar-refractivity contribution < 1.29 is 23.4 Å². The number of nitrogens with zero attached hydrogens (tertiary/aromatic N) is 1. The second kappa shape index (κ2) is 10.3. The van der Waals surface area contributed by atoms with Gasteiger partial charge in [0.25, 0.3) is 5.91 Å². The molecule has 3 rings (SSSR count). The highest BCUT2D eigenvalue weighted by Crippen LogP contribution is 2.23. The highest BCUT2D eigenvalue weighted by molar-refractivity contribution is 6.31. The summed E-state index contributed by atoms with van der Waals surface area (Å²) in [5, 5.41) is 5.68. The monoisotopic (exact) mass is 435 g/mol. The lowest BCUT2D eigenvalue weighted by molar-refractivity contribution is 0.0975. The number of guanidine groups is 1. The molecule has 1 amide bonds. The molecule has 0 radical (unpaired) electrons. The Morgan fingerprint density at radius 3 is 2.57 bits per heavy atom. The number of ether oxygens (including phenoxy) is 3. The van der Waals surface area contributed by atoms with E-state index in [1.54, 1.807) is 18.2 Å². The van der Waals surface area contributed by atoms with Crippen LogP contribution in [0.1, 0.15) is 23.2 Å². The molecule has 0 aliphatic carbocycles. The van der Waals surface area contributed by atoms with Crippen LogP contribution in [-0.4, -0.2) is 45.3 Å². The molecule has 30 heavy (non-hydrogen) atoms. The molecule has 2 aromatic carbocycles. The number of amides is 1. The molecule has 7 nitrogen and oxygen atoms in total. The van der Waals surface area contributed by atoms with E-state index in [1.165, 1.54) is 32.4 Å². The van der Waals surface area contributed by atoms with Gasteiger partial charge in [-0.2, -0.15) is 0 Å². The van der Waals surface area contributed by atoms with E-state index >= 15 is 0 Å². The SMILES string of the molecule is COc1cc(OC)cc(C(=O)NC(=NCC2CCCO2)Nc2ccc(F)c(Cl)c2)c1. The summed E-state index contributed by atoms with van der Waals surface area (Å²) in [5.74, 6) is 0.206. The topological polar surface area (TPSA) is 81.2 Å².